The number of rotatable bonds is 4. The topological polar surface area (TPSA) is 73.2 Å². The molecule has 0 unspecified atom stereocenters. The first-order valence-corrected chi connectivity index (χ1v) is 10.3. The number of methoxy groups -OCH3 is 1. The molecule has 4 rings (SSSR count). The van der Waals surface area contributed by atoms with Crippen LogP contribution in [-0.4, -0.2) is 22.6 Å². The summed E-state index contributed by atoms with van der Waals surface area (Å²) in [6.07, 6.45) is 3.98. The van der Waals surface area contributed by atoms with Crippen LogP contribution in [0.15, 0.2) is 29.1 Å². The van der Waals surface area contributed by atoms with Gasteiger partial charge in [-0.05, 0) is 43.0 Å². The largest absolute Gasteiger partial charge is 0.380 e. The highest BCUT2D eigenvalue weighted by Gasteiger charge is 2.22. The van der Waals surface area contributed by atoms with Crippen LogP contribution in [0.3, 0.4) is 0 Å². The first kappa shape index (κ1) is 18.8. The van der Waals surface area contributed by atoms with Crippen molar-refractivity contribution in [2.24, 2.45) is 0 Å². The number of aryl methyl sites for hydroxylation is 2. The molecule has 0 atom stereocenters. The minimum atomic E-state index is -0.213. The maximum atomic E-state index is 13.0. The monoisotopic (exact) mass is 397 g/mol. The Labute approximate surface area is 167 Å². The molecule has 0 saturated heterocycles. The Morgan fingerprint density at radius 2 is 2.18 bits per heavy atom. The zero-order valence-electron chi connectivity index (χ0n) is 16.1. The molecule has 1 aromatic carbocycles. The number of aromatic nitrogens is 2. The quantitative estimate of drug-likeness (QED) is 0.725. The zero-order chi connectivity index (χ0) is 19.7. The lowest BCUT2D eigenvalue weighted by molar-refractivity contribution is 0.103. The third kappa shape index (κ3) is 3.47. The normalized spacial score (nSPS) is 13.9. The molecule has 0 aliphatic carbocycles. The second-order valence-corrected chi connectivity index (χ2v) is 8.12. The van der Waals surface area contributed by atoms with Crippen molar-refractivity contribution >= 4 is 33.1 Å². The smallest absolute Gasteiger partial charge is 0.266 e. The van der Waals surface area contributed by atoms with E-state index in [1.54, 1.807) is 11.7 Å². The molecule has 0 spiro atoms. The van der Waals surface area contributed by atoms with E-state index in [2.05, 4.69) is 5.32 Å². The van der Waals surface area contributed by atoms with Crippen LogP contribution in [0.2, 0.25) is 0 Å². The number of carbonyl (C=O) groups is 1. The van der Waals surface area contributed by atoms with E-state index in [-0.39, 0.29) is 11.5 Å². The Morgan fingerprint density at radius 1 is 1.32 bits per heavy atom. The number of carbonyl (C=O) groups excluding carboxylic acids is 1. The summed E-state index contributed by atoms with van der Waals surface area (Å²) < 4.78 is 6.94. The van der Waals surface area contributed by atoms with Gasteiger partial charge in [-0.1, -0.05) is 18.6 Å². The summed E-state index contributed by atoms with van der Waals surface area (Å²) >= 11 is 1.30. The zero-order valence-corrected chi connectivity index (χ0v) is 16.9. The first-order valence-electron chi connectivity index (χ1n) is 9.50. The van der Waals surface area contributed by atoms with Gasteiger partial charge in [-0.2, -0.15) is 0 Å². The molecule has 146 valence electrons. The first-order chi connectivity index (χ1) is 13.6. The van der Waals surface area contributed by atoms with Crippen LogP contribution in [0.4, 0.5) is 5.69 Å². The molecule has 3 heterocycles. The standard InChI is InChI=1S/C21H23N3O3S/c1-13-17-20(23-16-9-4-3-5-10-24(16)21(17)26)28-18(13)19(25)22-15-8-6-7-14(11-15)12-27-2/h6-8,11H,3-5,9-10,12H2,1-2H3,(H,22,25). The van der Waals surface area contributed by atoms with Crippen molar-refractivity contribution < 1.29 is 9.53 Å². The van der Waals surface area contributed by atoms with E-state index in [1.807, 2.05) is 31.2 Å². The lowest BCUT2D eigenvalue weighted by Crippen LogP contribution is -2.24. The average molecular weight is 398 g/mol. The third-order valence-electron chi connectivity index (χ3n) is 5.11. The Bertz CT molecular complexity index is 1100. The van der Waals surface area contributed by atoms with Crippen molar-refractivity contribution in [3.8, 4) is 0 Å². The lowest BCUT2D eigenvalue weighted by Gasteiger charge is -2.08. The molecular weight excluding hydrogens is 374 g/mol. The molecule has 1 amide bonds. The molecular formula is C21H23N3O3S. The number of amides is 1. The molecule has 1 aliphatic rings. The summed E-state index contributed by atoms with van der Waals surface area (Å²) in [6.45, 7) is 3.03. The van der Waals surface area contributed by atoms with Gasteiger partial charge in [0.2, 0.25) is 0 Å². The predicted molar refractivity (Wildman–Crippen MR) is 111 cm³/mol. The van der Waals surface area contributed by atoms with Crippen molar-refractivity contribution in [1.82, 2.24) is 9.55 Å². The fraction of sp³-hybridized carbons (Fsp3) is 0.381. The maximum Gasteiger partial charge on any atom is 0.266 e. The van der Waals surface area contributed by atoms with Gasteiger partial charge in [-0.3, -0.25) is 14.2 Å². The van der Waals surface area contributed by atoms with Crippen LogP contribution < -0.4 is 10.9 Å². The van der Waals surface area contributed by atoms with Crippen molar-refractivity contribution in [2.45, 2.75) is 45.8 Å². The molecule has 6 nitrogen and oxygen atoms in total. The summed E-state index contributed by atoms with van der Waals surface area (Å²) in [4.78, 5) is 31.9. The molecule has 1 aliphatic heterocycles. The van der Waals surface area contributed by atoms with Crippen molar-refractivity contribution in [2.75, 3.05) is 12.4 Å². The van der Waals surface area contributed by atoms with Crippen LogP contribution >= 0.6 is 11.3 Å². The number of nitrogens with zero attached hydrogens (tertiary/aromatic N) is 2. The third-order valence-corrected chi connectivity index (χ3v) is 6.30. The maximum absolute atomic E-state index is 13.0. The molecule has 3 aromatic rings. The molecule has 0 fully saturated rings. The van der Waals surface area contributed by atoms with Crippen LogP contribution in [0, 0.1) is 6.92 Å². The average Bonchev–Trinajstić information content (AvgIpc) is 2.85. The number of hydrogen-bond donors (Lipinski definition) is 1. The van der Waals surface area contributed by atoms with Crippen LogP contribution in [0.5, 0.6) is 0 Å². The molecule has 2 aromatic heterocycles. The van der Waals surface area contributed by atoms with Gasteiger partial charge in [0.15, 0.2) is 0 Å². The number of fused-ring (bicyclic) bond motifs is 2. The SMILES string of the molecule is COCc1cccc(NC(=O)c2sc3nc4n(c(=O)c3c2C)CCCCC4)c1. The summed E-state index contributed by atoms with van der Waals surface area (Å²) in [6, 6.07) is 7.56. The van der Waals surface area contributed by atoms with Crippen molar-refractivity contribution in [3.63, 3.8) is 0 Å². The van der Waals surface area contributed by atoms with Crippen LogP contribution in [0.25, 0.3) is 10.2 Å². The van der Waals surface area contributed by atoms with Gasteiger partial charge >= 0.3 is 0 Å². The Kier molecular flexibility index (Phi) is 5.28. The van der Waals surface area contributed by atoms with Gasteiger partial charge < -0.3 is 10.1 Å². The van der Waals surface area contributed by atoms with E-state index >= 15 is 0 Å². The van der Waals surface area contributed by atoms with Crippen molar-refractivity contribution in [3.05, 3.63) is 56.4 Å². The van der Waals surface area contributed by atoms with E-state index in [0.29, 0.717) is 39.5 Å². The number of ether oxygens (including phenoxy) is 1. The van der Waals surface area contributed by atoms with Gasteiger partial charge in [-0.25, -0.2) is 4.98 Å². The Morgan fingerprint density at radius 3 is 3.00 bits per heavy atom. The highest BCUT2D eigenvalue weighted by atomic mass is 32.1. The van der Waals surface area contributed by atoms with E-state index in [9.17, 15) is 9.59 Å². The number of benzene rings is 1. The Balaban J connectivity index is 1.70. The second kappa shape index (κ2) is 7.85. The van der Waals surface area contributed by atoms with Crippen molar-refractivity contribution in [1.29, 1.82) is 0 Å². The fourth-order valence-corrected chi connectivity index (χ4v) is 4.81. The van der Waals surface area contributed by atoms with Gasteiger partial charge in [0, 0.05) is 25.8 Å². The highest BCUT2D eigenvalue weighted by Crippen LogP contribution is 2.29. The molecule has 0 saturated carbocycles. The van der Waals surface area contributed by atoms with Crippen LogP contribution in [0.1, 0.15) is 45.9 Å². The molecule has 7 heteroatoms. The Hall–Kier alpha value is -2.51. The molecule has 1 N–H and O–H groups in total. The van der Waals surface area contributed by atoms with Gasteiger partial charge in [-0.15, -0.1) is 11.3 Å². The number of nitrogens with one attached hydrogen (secondary N) is 1. The van der Waals surface area contributed by atoms with E-state index in [0.717, 1.165) is 37.1 Å². The summed E-state index contributed by atoms with van der Waals surface area (Å²) in [5.41, 5.74) is 2.38. The van der Waals surface area contributed by atoms with E-state index in [4.69, 9.17) is 9.72 Å². The predicted octanol–water partition coefficient (Wildman–Crippen LogP) is 3.89. The van der Waals surface area contributed by atoms with Gasteiger partial charge in [0.05, 0.1) is 16.9 Å². The molecule has 0 radical (unpaired) electrons. The summed E-state index contributed by atoms with van der Waals surface area (Å²) in [7, 11) is 1.64. The number of hydrogen-bond acceptors (Lipinski definition) is 5. The second-order valence-electron chi connectivity index (χ2n) is 7.12. The minimum Gasteiger partial charge on any atom is -0.380 e. The summed E-state index contributed by atoms with van der Waals surface area (Å²) in [5, 5.41) is 3.51. The van der Waals surface area contributed by atoms with Gasteiger partial charge in [0.1, 0.15) is 10.7 Å². The highest BCUT2D eigenvalue weighted by molar-refractivity contribution is 7.20. The van der Waals surface area contributed by atoms with Crippen LogP contribution in [-0.2, 0) is 24.3 Å². The lowest BCUT2D eigenvalue weighted by atomic mass is 10.2. The number of thiophene rings is 1. The molecule has 0 bridgehead atoms. The summed E-state index contributed by atoms with van der Waals surface area (Å²) in [5.74, 6) is 0.630. The van der Waals surface area contributed by atoms with Gasteiger partial charge in [0.25, 0.3) is 11.5 Å². The minimum absolute atomic E-state index is 0.0169. The van der Waals surface area contributed by atoms with E-state index in [1.165, 1.54) is 11.3 Å². The molecule has 28 heavy (non-hydrogen) atoms. The van der Waals surface area contributed by atoms with E-state index < -0.39 is 0 Å². The fourth-order valence-electron chi connectivity index (χ4n) is 3.72. The number of anilines is 1.